The van der Waals surface area contributed by atoms with Crippen molar-refractivity contribution in [3.63, 3.8) is 0 Å². The molecule has 3 fully saturated rings. The molecule has 6 aliphatic heterocycles. The van der Waals surface area contributed by atoms with Crippen molar-refractivity contribution in [1.29, 1.82) is 0 Å². The number of ether oxygens (including phenoxy) is 4. The molecule has 9 N–H and O–H groups in total. The van der Waals surface area contributed by atoms with Gasteiger partial charge in [-0.3, -0.25) is 82.7 Å². The Morgan fingerprint density at radius 1 is 0.454 bits per heavy atom. The Labute approximate surface area is 701 Å². The van der Waals surface area contributed by atoms with Crippen molar-refractivity contribution >= 4 is 116 Å². The lowest BCUT2D eigenvalue weighted by atomic mass is 9.90. The Morgan fingerprint density at radius 2 is 0.782 bits per heavy atom. The van der Waals surface area contributed by atoms with Crippen molar-refractivity contribution < 1.29 is 78.5 Å². The average Bonchev–Trinajstić information content (AvgIpc) is 0.752. The number of nitrogens with one attached hydrogen (secondary N) is 9. The summed E-state index contributed by atoms with van der Waals surface area (Å²) in [5.41, 5.74) is 12.5. The molecule has 15 bridgehead atoms. The largest absolute Gasteiger partial charge is 0.485 e. The van der Waals surface area contributed by atoms with Gasteiger partial charge in [0.05, 0.1) is 69.7 Å². The predicted octanol–water partition coefficient (Wildman–Crippen LogP) is 8.83. The lowest BCUT2D eigenvalue weighted by Crippen LogP contribution is -2.61. The summed E-state index contributed by atoms with van der Waals surface area (Å²) in [5.74, 6) is -9.03. The fourth-order valence-electron chi connectivity index (χ4n) is 13.7. The molecular formula is C89H115N15O15. The molecular weight excluding hydrogens is 1520 g/mol. The number of esters is 2. The lowest BCUT2D eigenvalue weighted by Gasteiger charge is -2.35. The predicted molar refractivity (Wildman–Crippen MR) is 451 cm³/mol. The zero-order valence-corrected chi connectivity index (χ0v) is 70.4. The second-order valence-corrected chi connectivity index (χ2v) is 32.8. The maximum atomic E-state index is 13.6. The van der Waals surface area contributed by atoms with Gasteiger partial charge in [0.1, 0.15) is 42.4 Å². The number of hydrogen-bond donors (Lipinski definition) is 9. The molecule has 30 heteroatoms. The van der Waals surface area contributed by atoms with Crippen molar-refractivity contribution in [3.05, 3.63) is 155 Å². The van der Waals surface area contributed by atoms with Gasteiger partial charge in [-0.15, -0.1) is 0 Å². The van der Waals surface area contributed by atoms with Gasteiger partial charge in [-0.25, -0.2) is 16.3 Å². The number of nitrogens with zero attached hydrogens (tertiary/aromatic N) is 6. The van der Waals surface area contributed by atoms with Crippen LogP contribution in [-0.2, 0) is 71.7 Å². The highest BCUT2D eigenvalue weighted by atomic mass is 16.6. The number of amides is 9. The molecule has 6 aliphatic rings. The van der Waals surface area contributed by atoms with Gasteiger partial charge >= 0.3 is 11.9 Å². The minimum Gasteiger partial charge on any atom is -0.485 e. The molecule has 14 atom stereocenters. The topological polar surface area (TPSA) is 381 Å². The van der Waals surface area contributed by atoms with Crippen LogP contribution in [0.4, 0.5) is 0 Å². The van der Waals surface area contributed by atoms with E-state index in [9.17, 15) is 52.7 Å². The Bertz CT molecular complexity index is 5190. The van der Waals surface area contributed by atoms with Gasteiger partial charge in [-0.2, -0.15) is 0 Å². The fourth-order valence-corrected chi connectivity index (χ4v) is 13.7. The number of hydrazine groups is 3. The summed E-state index contributed by atoms with van der Waals surface area (Å²) in [6, 6.07) is 22.4. The molecule has 9 heterocycles. The van der Waals surface area contributed by atoms with Gasteiger partial charge < -0.3 is 50.8 Å². The molecule has 6 aromatic rings. The van der Waals surface area contributed by atoms with Gasteiger partial charge in [0.2, 0.25) is 23.8 Å². The highest BCUT2D eigenvalue weighted by Gasteiger charge is 2.41. The third kappa shape index (κ3) is 22.7. The summed E-state index contributed by atoms with van der Waals surface area (Å²) in [6.07, 6.45) is 7.66. The standard InChI is InChI=1S/C30H39N5O6.C30H39N5O5.C29H37N5O4/c1-17-22-12-11-21-10-9-20(16-24(21)33-22)13-14-30(4,5)29(39)41-25(19(3)40-6)27(37)32-18(2)28(38)35-15-7-8-23(34-35)26(36)31-17;1-17(2)25-27(37)32-19(4)28(38)35-15-7-8-23(34-35)26(36)31-18(3)22-12-11-21-10-9-20(16-24(21)33-22)13-14-30(5,6)29(39)40-25;1-17-23-12-11-22-10-9-21(16-25(22)32-23)13-14-29(5,6)20(4)38-19(3)26(35)31-18(2)28(37)34-15-7-8-24(33-34)27(36)30-17/h9-14,16-19,23,25,34H,7-8,15H2,1-6H3,(H,31,36)(H,32,37);9-14,16-19,23,25,34H,7-8,15H2,1-6H3,(H,31,36)(H,32,37);9-14,16-19,24,33H,4,7-8,15H2,1-3,5-6H3,(H,30,36)(H,31,35)/b3*14-13+/t17-,18+,19-,23+,25+;18-,19+,23+,25+;17-,18+,19+,24+/m111/s1/i;1D3,17D,25D;/tm;17?,18-,19+,23+,25+;m. The van der Waals surface area contributed by atoms with E-state index in [0.717, 1.165) is 50.9 Å². The number of cyclic esters (lactones) is 2. The molecule has 12 rings (SSSR count). The Morgan fingerprint density at radius 3 is 1.14 bits per heavy atom. The molecule has 1 unspecified atom stereocenters. The van der Waals surface area contributed by atoms with Crippen molar-refractivity contribution in [1.82, 2.24) is 78.2 Å². The van der Waals surface area contributed by atoms with E-state index in [1.54, 1.807) is 78.8 Å². The van der Waals surface area contributed by atoms with Crippen LogP contribution < -0.4 is 48.2 Å². The van der Waals surface area contributed by atoms with Gasteiger partial charge in [0.15, 0.2) is 12.2 Å². The van der Waals surface area contributed by atoms with E-state index in [4.69, 9.17) is 40.8 Å². The van der Waals surface area contributed by atoms with Crippen LogP contribution in [0.15, 0.2) is 122 Å². The zero-order valence-electron chi connectivity index (χ0n) is 75.4. The van der Waals surface area contributed by atoms with E-state index in [2.05, 4.69) is 54.8 Å². The third-order valence-electron chi connectivity index (χ3n) is 21.7. The second-order valence-electron chi connectivity index (χ2n) is 32.8. The van der Waals surface area contributed by atoms with Crippen LogP contribution in [0.5, 0.6) is 0 Å². The highest BCUT2D eigenvalue weighted by Crippen LogP contribution is 2.33. The van der Waals surface area contributed by atoms with Gasteiger partial charge in [0, 0.05) is 53.8 Å². The molecule has 636 valence electrons. The summed E-state index contributed by atoms with van der Waals surface area (Å²) in [4.78, 5) is 160. The summed E-state index contributed by atoms with van der Waals surface area (Å²) >= 11 is 0. The van der Waals surface area contributed by atoms with Crippen LogP contribution in [0.25, 0.3) is 50.9 Å². The third-order valence-corrected chi connectivity index (χ3v) is 21.7. The highest BCUT2D eigenvalue weighted by molar-refractivity contribution is 5.95. The van der Waals surface area contributed by atoms with Gasteiger partial charge in [-0.05, 0) is 194 Å². The maximum absolute atomic E-state index is 13.6. The molecule has 0 spiro atoms. The van der Waals surface area contributed by atoms with E-state index < -0.39 is 137 Å². The Hall–Kier alpha value is -11.3. The van der Waals surface area contributed by atoms with E-state index in [-0.39, 0.29) is 42.3 Å². The minimum atomic E-state index is -3.29. The number of carbonyl (C=O) groups excluding carboxylic acids is 11. The first-order chi connectivity index (χ1) is 58.1. The molecule has 0 saturated carbocycles. The van der Waals surface area contributed by atoms with Crippen molar-refractivity contribution in [2.75, 3.05) is 26.7 Å². The number of rotatable bonds is 3. The summed E-state index contributed by atoms with van der Waals surface area (Å²) in [6.45, 7) is 26.1. The monoisotopic (exact) mass is 1640 g/mol. The molecule has 30 nitrogen and oxygen atoms in total. The van der Waals surface area contributed by atoms with Gasteiger partial charge in [0.25, 0.3) is 35.4 Å². The molecule has 3 saturated heterocycles. The van der Waals surface area contributed by atoms with Crippen LogP contribution in [0.2, 0.25) is 0 Å². The number of fused-ring (bicyclic) bond motifs is 12. The van der Waals surface area contributed by atoms with Crippen LogP contribution in [0.3, 0.4) is 0 Å². The van der Waals surface area contributed by atoms with Crippen molar-refractivity contribution in [2.24, 2.45) is 22.1 Å². The number of benzene rings is 3. The number of allylic oxidation sites excluding steroid dienone is 1. The number of carbonyl (C=O) groups is 11. The summed E-state index contributed by atoms with van der Waals surface area (Å²) < 4.78 is 63.3. The van der Waals surface area contributed by atoms with Crippen LogP contribution in [-0.4, -0.2) is 182 Å². The number of hydrogen-bond acceptors (Lipinski definition) is 21. The SMILES string of the molecule is C=C1O[C@@H](C)C(=O)N[C@@H](C)C(=O)N2CCC[C@H](N2)C(=O)N[C@H](C)c2ccc3ccc(cc3n2)/C=C/C1(C)C.CO[C@H](C)[C@@H]1OC(=O)C(C)(C)/C=C/c2ccc3ccc(nc3c2)[C@@H](C)NC(=O)[C@@H]2CCCN(N2)C(=O)[C@H](C)NC1=O.[2H]C([2H])([2H])C([2H])(C)[C@]1([2H])OC(=O)C(C)(C)/C=C/c2ccc3ccc(nc3c2)[C@@H](C)NC(=O)[C@@H]2CCCN(N2)C(=O)[C@H](C)NC1=O. The number of aromatic nitrogens is 3. The Kier molecular flexibility index (Phi) is 26.8. The van der Waals surface area contributed by atoms with Crippen LogP contribution in [0, 0.1) is 22.1 Å². The molecule has 3 aromatic heterocycles. The normalized spacial score (nSPS) is 29.4. The molecule has 9 amide bonds. The number of methoxy groups -OCH3 is 1. The molecule has 119 heavy (non-hydrogen) atoms. The first kappa shape index (κ1) is 82.7. The average molecular weight is 1640 g/mol. The Balaban J connectivity index is 0.000000195. The van der Waals surface area contributed by atoms with Crippen LogP contribution in [0.1, 0.15) is 208 Å². The van der Waals surface area contributed by atoms with Crippen molar-refractivity contribution in [2.45, 2.75) is 228 Å². The second kappa shape index (κ2) is 38.6. The van der Waals surface area contributed by atoms with E-state index in [1.807, 2.05) is 119 Å². The van der Waals surface area contributed by atoms with E-state index >= 15 is 0 Å². The zero-order chi connectivity index (χ0) is 91.0. The first-order valence-corrected chi connectivity index (χ1v) is 40.3. The van der Waals surface area contributed by atoms with Crippen LogP contribution >= 0.6 is 0 Å². The molecule has 3 aromatic carbocycles. The maximum Gasteiger partial charge on any atom is 0.316 e. The number of pyridine rings is 3. The fraction of sp³-hybridized carbons (Fsp3) is 0.483. The van der Waals surface area contributed by atoms with E-state index in [1.165, 1.54) is 49.0 Å². The summed E-state index contributed by atoms with van der Waals surface area (Å²) in [5, 5.41) is 23.3. The quantitative estimate of drug-likeness (QED) is 0.0747. The summed E-state index contributed by atoms with van der Waals surface area (Å²) in [7, 11) is 1.41. The van der Waals surface area contributed by atoms with E-state index in [0.29, 0.717) is 79.8 Å². The molecule has 0 radical (unpaired) electrons. The minimum absolute atomic E-state index is 0.208. The smallest absolute Gasteiger partial charge is 0.316 e. The lowest BCUT2D eigenvalue weighted by molar-refractivity contribution is -0.170. The van der Waals surface area contributed by atoms with Crippen molar-refractivity contribution in [3.8, 4) is 0 Å². The molecule has 0 aliphatic carbocycles. The first-order valence-electron chi connectivity index (χ1n) is 42.8. The van der Waals surface area contributed by atoms with Gasteiger partial charge in [-0.1, -0.05) is 111 Å².